The lowest BCUT2D eigenvalue weighted by molar-refractivity contribution is -0.147. The number of rotatable bonds is 16. The highest BCUT2D eigenvalue weighted by Crippen LogP contribution is 2.50. The molecule has 0 bridgehead atoms. The smallest absolute Gasteiger partial charge is 0.309 e. The number of hydrogen-bond donors (Lipinski definition) is 3. The van der Waals surface area contributed by atoms with E-state index in [9.17, 15) is 24.9 Å². The monoisotopic (exact) mass is 432 g/mol. The lowest BCUT2D eigenvalue weighted by Gasteiger charge is -2.18. The number of hydrogen-bond acceptors (Lipinski definition) is 3. The number of phenols is 1. The number of carboxylic acids is 2. The molecule has 1 aromatic rings. The minimum atomic E-state index is -0.727. The number of phenolic OH excluding ortho intramolecular Hbond substituents is 1. The Labute approximate surface area is 186 Å². The van der Waals surface area contributed by atoms with Crippen LogP contribution in [0.4, 0.5) is 0 Å². The number of carbonyl (C=O) groups is 2. The quantitative estimate of drug-likeness (QED) is 0.264. The van der Waals surface area contributed by atoms with Gasteiger partial charge in [0.15, 0.2) is 0 Å². The third-order valence-electron chi connectivity index (χ3n) is 6.93. The first kappa shape index (κ1) is 25.2. The Morgan fingerprint density at radius 3 is 2.03 bits per heavy atom. The number of aromatic hydroxyl groups is 1. The molecule has 3 N–H and O–H groups in total. The highest BCUT2D eigenvalue weighted by molar-refractivity contribution is 5.77. The first-order valence-corrected chi connectivity index (χ1v) is 11.9. The van der Waals surface area contributed by atoms with E-state index >= 15 is 0 Å². The van der Waals surface area contributed by atoms with Crippen LogP contribution in [0, 0.1) is 10.8 Å². The summed E-state index contributed by atoms with van der Waals surface area (Å²) in [5, 5.41) is 28.3. The van der Waals surface area contributed by atoms with Crippen LogP contribution in [0.25, 0.3) is 0 Å². The van der Waals surface area contributed by atoms with E-state index in [1.54, 1.807) is 19.9 Å². The van der Waals surface area contributed by atoms with Gasteiger partial charge in [0.2, 0.25) is 0 Å². The van der Waals surface area contributed by atoms with Crippen molar-refractivity contribution in [3.63, 3.8) is 0 Å². The van der Waals surface area contributed by atoms with Gasteiger partial charge in [0, 0.05) is 0 Å². The van der Waals surface area contributed by atoms with Crippen molar-refractivity contribution in [3.05, 3.63) is 29.3 Å². The molecule has 0 radical (unpaired) electrons. The number of aryl methyl sites for hydroxylation is 2. The summed E-state index contributed by atoms with van der Waals surface area (Å²) >= 11 is 0. The van der Waals surface area contributed by atoms with Crippen molar-refractivity contribution in [1.82, 2.24) is 0 Å². The van der Waals surface area contributed by atoms with Crippen LogP contribution in [0.3, 0.4) is 0 Å². The van der Waals surface area contributed by atoms with E-state index in [-0.39, 0.29) is 0 Å². The Morgan fingerprint density at radius 1 is 0.871 bits per heavy atom. The minimum absolute atomic E-state index is 0.312. The fraction of sp³-hybridized carbons (Fsp3) is 0.692. The summed E-state index contributed by atoms with van der Waals surface area (Å²) in [5.74, 6) is -1.04. The van der Waals surface area contributed by atoms with Crippen molar-refractivity contribution < 1.29 is 24.9 Å². The normalized spacial score (nSPS) is 15.0. The highest BCUT2D eigenvalue weighted by atomic mass is 16.4. The fourth-order valence-electron chi connectivity index (χ4n) is 4.29. The summed E-state index contributed by atoms with van der Waals surface area (Å²) < 4.78 is 0. The Bertz CT molecular complexity index is 733. The molecule has 0 spiro atoms. The molecule has 5 heteroatoms. The second-order valence-electron chi connectivity index (χ2n) is 10.1. The minimum Gasteiger partial charge on any atom is -0.508 e. The average molecular weight is 433 g/mol. The fourth-order valence-corrected chi connectivity index (χ4v) is 4.29. The molecule has 2 rings (SSSR count). The number of benzene rings is 1. The molecule has 0 aliphatic heterocycles. The summed E-state index contributed by atoms with van der Waals surface area (Å²) in [4.78, 5) is 22.4. The van der Waals surface area contributed by atoms with Crippen molar-refractivity contribution in [2.75, 3.05) is 0 Å². The summed E-state index contributed by atoms with van der Waals surface area (Å²) in [5.41, 5.74) is 1.47. The lowest BCUT2D eigenvalue weighted by atomic mass is 9.87. The molecule has 31 heavy (non-hydrogen) atoms. The van der Waals surface area contributed by atoms with Crippen molar-refractivity contribution in [1.29, 1.82) is 0 Å². The molecule has 0 saturated heterocycles. The van der Waals surface area contributed by atoms with Crippen LogP contribution >= 0.6 is 0 Å². The molecule has 0 atom stereocenters. The summed E-state index contributed by atoms with van der Waals surface area (Å²) in [6.07, 6.45) is 13.5. The van der Waals surface area contributed by atoms with E-state index < -0.39 is 22.8 Å². The van der Waals surface area contributed by atoms with Crippen LogP contribution in [0.2, 0.25) is 0 Å². The zero-order valence-electron chi connectivity index (χ0n) is 19.3. The van der Waals surface area contributed by atoms with Crippen molar-refractivity contribution >= 4 is 11.9 Å². The first-order chi connectivity index (χ1) is 14.7. The second-order valence-corrected chi connectivity index (χ2v) is 10.1. The molecule has 0 amide bonds. The van der Waals surface area contributed by atoms with Crippen LogP contribution in [-0.4, -0.2) is 27.3 Å². The van der Waals surface area contributed by atoms with Crippen molar-refractivity contribution in [2.24, 2.45) is 10.8 Å². The van der Waals surface area contributed by atoms with Gasteiger partial charge in [0.05, 0.1) is 10.8 Å². The van der Waals surface area contributed by atoms with Gasteiger partial charge < -0.3 is 15.3 Å². The predicted molar refractivity (Wildman–Crippen MR) is 122 cm³/mol. The maximum atomic E-state index is 11.2. The van der Waals surface area contributed by atoms with E-state index in [1.165, 1.54) is 11.1 Å². The largest absolute Gasteiger partial charge is 0.508 e. The number of aliphatic carboxylic acids is 2. The van der Waals surface area contributed by atoms with Gasteiger partial charge in [-0.25, -0.2) is 0 Å². The van der Waals surface area contributed by atoms with Gasteiger partial charge in [-0.05, 0) is 88.5 Å². The Kier molecular flexibility index (Phi) is 9.39. The van der Waals surface area contributed by atoms with Gasteiger partial charge in [-0.15, -0.1) is 0 Å². The van der Waals surface area contributed by atoms with Gasteiger partial charge in [-0.3, -0.25) is 9.59 Å². The molecular formula is C26H40O5. The zero-order chi connectivity index (χ0) is 22.9. The highest BCUT2D eigenvalue weighted by Gasteiger charge is 2.49. The van der Waals surface area contributed by atoms with Gasteiger partial charge >= 0.3 is 11.9 Å². The molecule has 0 heterocycles. The van der Waals surface area contributed by atoms with Gasteiger partial charge in [-0.1, -0.05) is 44.6 Å². The molecule has 1 fully saturated rings. The maximum Gasteiger partial charge on any atom is 0.309 e. The molecule has 1 aliphatic carbocycles. The first-order valence-electron chi connectivity index (χ1n) is 11.9. The third-order valence-corrected chi connectivity index (χ3v) is 6.93. The van der Waals surface area contributed by atoms with Crippen LogP contribution in [0.15, 0.2) is 18.2 Å². The van der Waals surface area contributed by atoms with Gasteiger partial charge in [-0.2, -0.15) is 0 Å². The summed E-state index contributed by atoms with van der Waals surface area (Å²) in [7, 11) is 0. The zero-order valence-corrected chi connectivity index (χ0v) is 19.3. The summed E-state index contributed by atoms with van der Waals surface area (Å²) in [6, 6.07) is 5.67. The topological polar surface area (TPSA) is 94.8 Å². The molecule has 5 nitrogen and oxygen atoms in total. The van der Waals surface area contributed by atoms with E-state index in [2.05, 4.69) is 0 Å². The van der Waals surface area contributed by atoms with E-state index in [0.717, 1.165) is 83.5 Å². The SMILES string of the molecule is CC(C)(CCCCCCc1ccc(O)cc1CCCCCCC1(C(=O)O)CC1)C(=O)O. The molecule has 0 aromatic heterocycles. The molecule has 0 unspecified atom stereocenters. The third kappa shape index (κ3) is 8.19. The Balaban J connectivity index is 1.65. The van der Waals surface area contributed by atoms with E-state index in [0.29, 0.717) is 12.2 Å². The lowest BCUT2D eigenvalue weighted by Crippen LogP contribution is -2.23. The van der Waals surface area contributed by atoms with Gasteiger partial charge in [0.25, 0.3) is 0 Å². The Hall–Kier alpha value is -2.04. The Morgan fingerprint density at radius 2 is 1.45 bits per heavy atom. The number of carboxylic acid groups (broad SMARTS) is 2. The maximum absolute atomic E-state index is 11.2. The molecular weight excluding hydrogens is 392 g/mol. The van der Waals surface area contributed by atoms with Crippen molar-refractivity contribution in [2.45, 2.75) is 104 Å². The average Bonchev–Trinajstić information content (AvgIpc) is 3.49. The summed E-state index contributed by atoms with van der Waals surface area (Å²) in [6.45, 7) is 3.57. The molecule has 174 valence electrons. The van der Waals surface area contributed by atoms with E-state index in [1.807, 2.05) is 12.1 Å². The van der Waals surface area contributed by atoms with Crippen LogP contribution in [0.5, 0.6) is 5.75 Å². The van der Waals surface area contributed by atoms with Crippen LogP contribution in [0.1, 0.15) is 102 Å². The van der Waals surface area contributed by atoms with Gasteiger partial charge in [0.1, 0.15) is 5.75 Å². The molecule has 1 aliphatic rings. The van der Waals surface area contributed by atoms with Crippen LogP contribution in [-0.2, 0) is 22.4 Å². The predicted octanol–water partition coefficient (Wildman–Crippen LogP) is 6.35. The van der Waals surface area contributed by atoms with E-state index in [4.69, 9.17) is 0 Å². The number of unbranched alkanes of at least 4 members (excludes halogenated alkanes) is 6. The van der Waals surface area contributed by atoms with Crippen LogP contribution < -0.4 is 0 Å². The second kappa shape index (κ2) is 11.5. The molecule has 1 aromatic carbocycles. The standard InChI is InChI=1S/C26H40O5/c1-25(2,23(28)29)15-9-5-3-7-11-20-13-14-22(27)19-21(20)12-8-4-6-10-16-26(17-18-26)24(30)31/h13-14,19,27H,3-12,15-18H2,1-2H3,(H,28,29)(H,30,31). The van der Waals surface area contributed by atoms with Crippen molar-refractivity contribution in [3.8, 4) is 5.75 Å². The molecule has 1 saturated carbocycles.